The van der Waals surface area contributed by atoms with E-state index in [9.17, 15) is 14.4 Å². The molecule has 23 heavy (non-hydrogen) atoms. The number of nitrogens with one attached hydrogen (secondary N) is 3. The second-order valence-corrected chi connectivity index (χ2v) is 4.87. The zero-order valence-corrected chi connectivity index (χ0v) is 12.5. The monoisotopic (exact) mass is 319 g/mol. The normalized spacial score (nSPS) is 11.7. The van der Waals surface area contributed by atoms with E-state index in [0.29, 0.717) is 5.56 Å². The van der Waals surface area contributed by atoms with E-state index < -0.39 is 23.8 Å². The van der Waals surface area contributed by atoms with Crippen LogP contribution in [0.25, 0.3) is 10.9 Å². The van der Waals surface area contributed by atoms with Crippen LogP contribution >= 0.6 is 0 Å². The fourth-order valence-electron chi connectivity index (χ4n) is 2.22. The lowest BCUT2D eigenvalue weighted by Gasteiger charge is -2.15. The molecular formula is C15H17N3O5. The second kappa shape index (κ2) is 7.41. The Morgan fingerprint density at radius 1 is 1.30 bits per heavy atom. The van der Waals surface area contributed by atoms with Gasteiger partial charge in [0.25, 0.3) is 5.91 Å². The fourth-order valence-corrected chi connectivity index (χ4v) is 2.22. The maximum Gasteiger partial charge on any atom is 0.328 e. The summed E-state index contributed by atoms with van der Waals surface area (Å²) in [7, 11) is 1.19. The van der Waals surface area contributed by atoms with Gasteiger partial charge in [0.1, 0.15) is 6.04 Å². The summed E-state index contributed by atoms with van der Waals surface area (Å²) >= 11 is 0. The number of aromatic amines is 1. The molecule has 0 aliphatic heterocycles. The van der Waals surface area contributed by atoms with Crippen LogP contribution in [0.4, 0.5) is 0 Å². The summed E-state index contributed by atoms with van der Waals surface area (Å²) in [5.41, 5.74) is 2.66. The van der Waals surface area contributed by atoms with Gasteiger partial charge < -0.3 is 15.0 Å². The van der Waals surface area contributed by atoms with E-state index in [4.69, 9.17) is 5.21 Å². The number of rotatable bonds is 6. The Balaban J connectivity index is 2.13. The average molecular weight is 319 g/mol. The molecule has 0 saturated carbocycles. The third-order valence-electron chi connectivity index (χ3n) is 3.41. The van der Waals surface area contributed by atoms with Crippen molar-refractivity contribution in [2.45, 2.75) is 18.9 Å². The average Bonchev–Trinajstić information content (AvgIpc) is 3.01. The molecule has 0 bridgehead atoms. The third kappa shape index (κ3) is 3.86. The number of carbonyl (C=O) groups excluding carboxylic acids is 3. The lowest BCUT2D eigenvalue weighted by atomic mass is 10.1. The van der Waals surface area contributed by atoms with Crippen LogP contribution in [-0.4, -0.2) is 41.1 Å². The van der Waals surface area contributed by atoms with Crippen LogP contribution in [-0.2, 0) is 14.3 Å². The molecule has 1 aromatic heterocycles. The lowest BCUT2D eigenvalue weighted by molar-refractivity contribution is -0.143. The Labute approximate surface area is 131 Å². The highest BCUT2D eigenvalue weighted by Crippen LogP contribution is 2.17. The molecule has 1 aromatic carbocycles. The maximum atomic E-state index is 12.4. The number of hydrogen-bond donors (Lipinski definition) is 4. The molecule has 8 heteroatoms. The molecule has 4 N–H and O–H groups in total. The van der Waals surface area contributed by atoms with Gasteiger partial charge in [-0.3, -0.25) is 14.8 Å². The molecule has 0 radical (unpaired) electrons. The summed E-state index contributed by atoms with van der Waals surface area (Å²) in [4.78, 5) is 38.2. The van der Waals surface area contributed by atoms with Crippen molar-refractivity contribution in [1.29, 1.82) is 0 Å². The first-order chi connectivity index (χ1) is 11.1. The number of fused-ring (bicyclic) bond motifs is 1. The Morgan fingerprint density at radius 3 is 2.74 bits per heavy atom. The molecule has 1 heterocycles. The van der Waals surface area contributed by atoms with Gasteiger partial charge in [-0.2, -0.15) is 0 Å². The van der Waals surface area contributed by atoms with E-state index in [2.05, 4.69) is 15.0 Å². The van der Waals surface area contributed by atoms with Gasteiger partial charge >= 0.3 is 5.97 Å². The number of carbonyl (C=O) groups is 3. The summed E-state index contributed by atoms with van der Waals surface area (Å²) in [5, 5.41) is 11.8. The van der Waals surface area contributed by atoms with E-state index >= 15 is 0 Å². The van der Waals surface area contributed by atoms with E-state index in [1.165, 1.54) is 12.6 Å². The summed E-state index contributed by atoms with van der Waals surface area (Å²) < 4.78 is 4.63. The van der Waals surface area contributed by atoms with Crippen molar-refractivity contribution in [3.63, 3.8) is 0 Å². The van der Waals surface area contributed by atoms with Gasteiger partial charge in [-0.1, -0.05) is 18.2 Å². The van der Waals surface area contributed by atoms with Gasteiger partial charge in [0.2, 0.25) is 5.91 Å². The first-order valence-corrected chi connectivity index (χ1v) is 6.94. The SMILES string of the molecule is COC(=O)[C@H](CCC(=O)NO)NC(=O)c1c[nH]c2ccccc12. The molecule has 2 aromatic rings. The van der Waals surface area contributed by atoms with Gasteiger partial charge in [-0.05, 0) is 12.5 Å². The molecule has 0 spiro atoms. The van der Waals surface area contributed by atoms with Crippen molar-refractivity contribution in [3.05, 3.63) is 36.0 Å². The number of ether oxygens (including phenoxy) is 1. The molecule has 122 valence electrons. The van der Waals surface area contributed by atoms with E-state index in [-0.39, 0.29) is 12.8 Å². The zero-order valence-electron chi connectivity index (χ0n) is 12.5. The molecule has 0 aliphatic rings. The van der Waals surface area contributed by atoms with Gasteiger partial charge in [-0.15, -0.1) is 0 Å². The van der Waals surface area contributed by atoms with Crippen molar-refractivity contribution < 1.29 is 24.3 Å². The van der Waals surface area contributed by atoms with Crippen LogP contribution in [0.1, 0.15) is 23.2 Å². The minimum atomic E-state index is -0.988. The quantitative estimate of drug-likeness (QED) is 0.355. The molecule has 0 fully saturated rings. The molecular weight excluding hydrogens is 302 g/mol. The van der Waals surface area contributed by atoms with E-state index in [1.807, 2.05) is 12.1 Å². The van der Waals surface area contributed by atoms with Crippen molar-refractivity contribution in [3.8, 4) is 0 Å². The number of methoxy groups -OCH3 is 1. The molecule has 1 atom stereocenters. The fraction of sp³-hybridized carbons (Fsp3) is 0.267. The van der Waals surface area contributed by atoms with Crippen LogP contribution in [0.15, 0.2) is 30.5 Å². The van der Waals surface area contributed by atoms with Crippen molar-refractivity contribution in [1.82, 2.24) is 15.8 Å². The number of aromatic nitrogens is 1. The summed E-state index contributed by atoms with van der Waals surface area (Å²) in [5.74, 6) is -1.77. The molecule has 0 unspecified atom stereocenters. The molecule has 8 nitrogen and oxygen atoms in total. The Morgan fingerprint density at radius 2 is 2.04 bits per heavy atom. The molecule has 2 rings (SSSR count). The minimum Gasteiger partial charge on any atom is -0.467 e. The lowest BCUT2D eigenvalue weighted by Crippen LogP contribution is -2.42. The van der Waals surface area contributed by atoms with E-state index in [1.54, 1.807) is 18.3 Å². The largest absolute Gasteiger partial charge is 0.467 e. The van der Waals surface area contributed by atoms with Crippen LogP contribution in [0.5, 0.6) is 0 Å². The van der Waals surface area contributed by atoms with Gasteiger partial charge in [0.15, 0.2) is 0 Å². The summed E-state index contributed by atoms with van der Waals surface area (Å²) in [6.07, 6.45) is 1.42. The highest BCUT2D eigenvalue weighted by Gasteiger charge is 2.24. The second-order valence-electron chi connectivity index (χ2n) is 4.87. The van der Waals surface area contributed by atoms with Gasteiger partial charge in [0, 0.05) is 23.5 Å². The van der Waals surface area contributed by atoms with E-state index in [0.717, 1.165) is 10.9 Å². The maximum absolute atomic E-state index is 12.4. The number of amides is 2. The number of hydrogen-bond acceptors (Lipinski definition) is 5. The van der Waals surface area contributed by atoms with Crippen LogP contribution in [0.2, 0.25) is 0 Å². The highest BCUT2D eigenvalue weighted by molar-refractivity contribution is 6.07. The van der Waals surface area contributed by atoms with Gasteiger partial charge in [-0.25, -0.2) is 10.3 Å². The smallest absolute Gasteiger partial charge is 0.328 e. The third-order valence-corrected chi connectivity index (χ3v) is 3.41. The number of H-pyrrole nitrogens is 1. The number of benzene rings is 1. The predicted molar refractivity (Wildman–Crippen MR) is 80.7 cm³/mol. The minimum absolute atomic E-state index is 0.00711. The number of esters is 1. The highest BCUT2D eigenvalue weighted by atomic mass is 16.5. The first-order valence-electron chi connectivity index (χ1n) is 6.94. The Hall–Kier alpha value is -2.87. The Bertz CT molecular complexity index is 725. The van der Waals surface area contributed by atoms with Crippen LogP contribution in [0, 0.1) is 0 Å². The molecule has 0 aliphatic carbocycles. The van der Waals surface area contributed by atoms with Crippen molar-refractivity contribution in [2.75, 3.05) is 7.11 Å². The molecule has 2 amide bonds. The predicted octanol–water partition coefficient (Wildman–Crippen LogP) is 0.725. The summed E-state index contributed by atoms with van der Waals surface area (Å²) in [6.45, 7) is 0. The first kappa shape index (κ1) is 16.5. The topological polar surface area (TPSA) is 121 Å². The standard InChI is InChI=1S/C15H17N3O5/c1-23-15(21)12(6-7-13(19)18-22)17-14(20)10-8-16-11-5-3-2-4-9(10)11/h2-5,8,12,16,22H,6-7H2,1H3,(H,17,20)(H,18,19)/t12-/m0/s1. The van der Waals surface area contributed by atoms with Crippen molar-refractivity contribution >= 4 is 28.7 Å². The Kier molecular flexibility index (Phi) is 5.32. The zero-order chi connectivity index (χ0) is 16.8. The van der Waals surface area contributed by atoms with Crippen molar-refractivity contribution in [2.24, 2.45) is 0 Å². The number of para-hydroxylation sites is 1. The van der Waals surface area contributed by atoms with Crippen LogP contribution < -0.4 is 10.8 Å². The summed E-state index contributed by atoms with van der Waals surface area (Å²) in [6, 6.07) is 6.27. The molecule has 0 saturated heterocycles. The van der Waals surface area contributed by atoms with Crippen LogP contribution in [0.3, 0.4) is 0 Å². The number of hydroxylamine groups is 1. The van der Waals surface area contributed by atoms with Gasteiger partial charge in [0.05, 0.1) is 12.7 Å².